The van der Waals surface area contributed by atoms with Gasteiger partial charge in [-0.2, -0.15) is 0 Å². The van der Waals surface area contributed by atoms with E-state index in [0.717, 1.165) is 32.3 Å². The monoisotopic (exact) mass is 546 g/mol. The molecule has 0 saturated carbocycles. The molecule has 5 aromatic rings. The lowest BCUT2D eigenvalue weighted by Crippen LogP contribution is -2.42. The van der Waals surface area contributed by atoms with Crippen molar-refractivity contribution in [1.82, 2.24) is 9.80 Å². The molecule has 0 unspecified atom stereocenters. The molecule has 0 radical (unpaired) electrons. The van der Waals surface area contributed by atoms with Gasteiger partial charge in [0.1, 0.15) is 0 Å². The number of nitrogens with zero attached hydrogens (tertiary/aromatic N) is 2. The zero-order chi connectivity index (χ0) is 28.3. The molecule has 6 heteroatoms. The third-order valence-electron chi connectivity index (χ3n) is 9.25. The minimum absolute atomic E-state index is 0.00578. The average Bonchev–Trinajstić information content (AvgIpc) is 3.73. The minimum Gasteiger partial charge on any atom is -0.273 e. The number of carbonyl (C=O) groups excluding carboxylic acids is 4. The number of hydrogen-bond acceptors (Lipinski definition) is 4. The molecule has 6 nitrogen and oxygen atoms in total. The molecule has 2 aliphatic carbocycles. The molecule has 0 N–H and O–H groups in total. The highest BCUT2D eigenvalue weighted by atomic mass is 16.2. The Labute approximate surface area is 239 Å². The van der Waals surface area contributed by atoms with E-state index in [1.54, 1.807) is 0 Å². The molecule has 2 heterocycles. The van der Waals surface area contributed by atoms with Gasteiger partial charge in [-0.1, -0.05) is 72.9 Å². The number of amides is 4. The topological polar surface area (TPSA) is 74.8 Å². The van der Waals surface area contributed by atoms with Crippen LogP contribution in [0.1, 0.15) is 41.4 Å². The molecule has 0 bridgehead atoms. The first-order chi connectivity index (χ1) is 20.5. The summed E-state index contributed by atoms with van der Waals surface area (Å²) >= 11 is 0. The summed E-state index contributed by atoms with van der Waals surface area (Å²) < 4.78 is 0. The van der Waals surface area contributed by atoms with Crippen molar-refractivity contribution < 1.29 is 19.2 Å². The average molecular weight is 547 g/mol. The lowest BCUT2D eigenvalue weighted by molar-refractivity contribution is 0.0587. The van der Waals surface area contributed by atoms with Gasteiger partial charge in [0.05, 0.1) is 0 Å². The normalized spacial score (nSPS) is 18.2. The largest absolute Gasteiger partial charge is 0.273 e. The zero-order valence-electron chi connectivity index (χ0n) is 22.3. The van der Waals surface area contributed by atoms with Gasteiger partial charge in [-0.05, 0) is 56.6 Å². The Morgan fingerprint density at radius 1 is 0.405 bits per heavy atom. The number of rotatable bonds is 4. The van der Waals surface area contributed by atoms with Crippen molar-refractivity contribution in [2.75, 3.05) is 13.1 Å². The molecule has 0 atom stereocenters. The second-order valence-electron chi connectivity index (χ2n) is 11.5. The third kappa shape index (κ3) is 2.88. The van der Waals surface area contributed by atoms with Crippen LogP contribution in [-0.4, -0.2) is 46.5 Å². The van der Waals surface area contributed by atoms with E-state index >= 15 is 0 Å². The van der Waals surface area contributed by atoms with Crippen molar-refractivity contribution in [2.24, 2.45) is 11.8 Å². The van der Waals surface area contributed by atoms with Crippen molar-refractivity contribution in [2.45, 2.75) is 0 Å². The van der Waals surface area contributed by atoms with E-state index < -0.39 is 0 Å². The minimum atomic E-state index is -0.288. The molecule has 0 saturated heterocycles. The van der Waals surface area contributed by atoms with Crippen LogP contribution in [-0.2, 0) is 0 Å². The summed E-state index contributed by atoms with van der Waals surface area (Å²) in [6.07, 6.45) is 15.7. The Balaban J connectivity index is 1.27. The summed E-state index contributed by atoms with van der Waals surface area (Å²) in [7, 11) is 0. The second kappa shape index (κ2) is 8.10. The Morgan fingerprint density at radius 2 is 0.690 bits per heavy atom. The van der Waals surface area contributed by atoms with Crippen molar-refractivity contribution >= 4 is 66.7 Å². The number of hydrogen-bond donors (Lipinski definition) is 0. The molecular weight excluding hydrogens is 524 g/mol. The molecule has 4 aliphatic rings. The fourth-order valence-corrected chi connectivity index (χ4v) is 7.32. The van der Waals surface area contributed by atoms with Crippen LogP contribution in [0.25, 0.3) is 43.1 Å². The van der Waals surface area contributed by atoms with Crippen molar-refractivity contribution in [3.63, 3.8) is 0 Å². The van der Waals surface area contributed by atoms with E-state index in [4.69, 9.17) is 0 Å². The van der Waals surface area contributed by atoms with E-state index in [9.17, 15) is 19.2 Å². The van der Waals surface area contributed by atoms with Gasteiger partial charge in [-0.15, -0.1) is 0 Å². The van der Waals surface area contributed by atoms with E-state index in [2.05, 4.69) is 0 Å². The first-order valence-corrected chi connectivity index (χ1v) is 14.1. The SMILES string of the molecule is O=C1c2ccc3c4ccc5c6c(ccc(c7ccc(c2c37)C(=O)N1CC1C=CC=C1)c64)C(=O)N(CC1C=CC=C1)C5=O. The smallest absolute Gasteiger partial charge is 0.261 e. The standard InChI is InChI=1S/C36H22N2O4/c39-33-25-13-9-21-23-11-15-27-32-28(36(42)38(35(27)41)18-20-7-3-4-8-20)16-12-24(30(23)32)22-10-14-26(31(25)29(21)22)34(40)37(33)17-19-5-1-2-6-19/h1-16,19-20H,17-18H2. The van der Waals surface area contributed by atoms with Gasteiger partial charge in [-0.25, -0.2) is 0 Å². The highest BCUT2D eigenvalue weighted by molar-refractivity contribution is 6.41. The van der Waals surface area contributed by atoms with Crippen LogP contribution in [0.3, 0.4) is 0 Å². The van der Waals surface area contributed by atoms with E-state index in [-0.39, 0.29) is 35.5 Å². The van der Waals surface area contributed by atoms with Crippen LogP contribution in [0.4, 0.5) is 0 Å². The summed E-state index contributed by atoms with van der Waals surface area (Å²) in [5, 5.41) is 6.62. The predicted octanol–water partition coefficient (Wildman–Crippen LogP) is 6.41. The number of allylic oxidation sites excluding steroid dienone is 4. The van der Waals surface area contributed by atoms with Crippen molar-refractivity contribution in [3.05, 3.63) is 119 Å². The fraction of sp³-hybridized carbons (Fsp3) is 0.111. The number of carbonyl (C=O) groups is 4. The van der Waals surface area contributed by atoms with Gasteiger partial charge in [0.2, 0.25) is 0 Å². The summed E-state index contributed by atoms with van der Waals surface area (Å²) in [6, 6.07) is 15.0. The maximum atomic E-state index is 13.7. The Bertz CT molecular complexity index is 1950. The van der Waals surface area contributed by atoms with Crippen LogP contribution in [0.5, 0.6) is 0 Å². The maximum absolute atomic E-state index is 13.7. The molecule has 0 spiro atoms. The maximum Gasteiger partial charge on any atom is 0.261 e. The van der Waals surface area contributed by atoms with Gasteiger partial charge < -0.3 is 0 Å². The molecular formula is C36H22N2O4. The highest BCUT2D eigenvalue weighted by Crippen LogP contribution is 2.46. The fourth-order valence-electron chi connectivity index (χ4n) is 7.32. The van der Waals surface area contributed by atoms with Gasteiger partial charge in [-0.3, -0.25) is 29.0 Å². The summed E-state index contributed by atoms with van der Waals surface area (Å²) in [5.74, 6) is -1.14. The summed E-state index contributed by atoms with van der Waals surface area (Å²) in [5.41, 5.74) is 2.06. The molecule has 0 aromatic heterocycles. The lowest BCUT2D eigenvalue weighted by Gasteiger charge is -2.31. The van der Waals surface area contributed by atoms with Crippen molar-refractivity contribution in [1.29, 1.82) is 0 Å². The quantitative estimate of drug-likeness (QED) is 0.148. The van der Waals surface area contributed by atoms with Gasteiger partial charge in [0.25, 0.3) is 23.6 Å². The van der Waals surface area contributed by atoms with Crippen molar-refractivity contribution in [3.8, 4) is 0 Å². The van der Waals surface area contributed by atoms with Crippen LogP contribution in [0, 0.1) is 11.8 Å². The third-order valence-corrected chi connectivity index (χ3v) is 9.25. The highest BCUT2D eigenvalue weighted by Gasteiger charge is 2.37. The first-order valence-electron chi connectivity index (χ1n) is 14.1. The molecule has 0 fully saturated rings. The van der Waals surface area contributed by atoms with Gasteiger partial charge >= 0.3 is 0 Å². The number of imide groups is 2. The Morgan fingerprint density at radius 3 is 0.976 bits per heavy atom. The van der Waals surface area contributed by atoms with E-state index in [1.165, 1.54) is 9.80 Å². The van der Waals surface area contributed by atoms with E-state index in [0.29, 0.717) is 46.1 Å². The molecule has 5 aromatic carbocycles. The Kier molecular flexibility index (Phi) is 4.51. The van der Waals surface area contributed by atoms with Crippen LogP contribution >= 0.6 is 0 Å². The molecule has 2 aliphatic heterocycles. The molecule has 4 amide bonds. The number of fused-ring (bicyclic) bond motifs is 2. The molecule has 9 rings (SSSR count). The van der Waals surface area contributed by atoms with Crippen LogP contribution < -0.4 is 0 Å². The number of benzene rings is 5. The van der Waals surface area contributed by atoms with Crippen LogP contribution in [0.2, 0.25) is 0 Å². The summed E-state index contributed by atoms with van der Waals surface area (Å²) in [4.78, 5) is 57.5. The zero-order valence-corrected chi connectivity index (χ0v) is 22.3. The Hall–Kier alpha value is -5.36. The van der Waals surface area contributed by atoms with Crippen LogP contribution in [0.15, 0.2) is 97.1 Å². The second-order valence-corrected chi connectivity index (χ2v) is 11.5. The van der Waals surface area contributed by atoms with Gasteiger partial charge in [0.15, 0.2) is 0 Å². The summed E-state index contributed by atoms with van der Waals surface area (Å²) in [6.45, 7) is 0.602. The predicted molar refractivity (Wildman–Crippen MR) is 162 cm³/mol. The van der Waals surface area contributed by atoms with E-state index in [1.807, 2.05) is 97.1 Å². The molecule has 42 heavy (non-hydrogen) atoms. The van der Waals surface area contributed by atoms with Gasteiger partial charge in [0, 0.05) is 58.0 Å². The molecule has 200 valence electrons. The lowest BCUT2D eigenvalue weighted by atomic mass is 9.82. The first kappa shape index (κ1) is 23.4.